The number of phenols is 1. The Morgan fingerprint density at radius 1 is 0.914 bits per heavy atom. The molecular formula is C28H29ClF2N2O2. The van der Waals surface area contributed by atoms with Crippen molar-refractivity contribution < 1.29 is 18.4 Å². The maximum atomic E-state index is 13.5. The molecule has 184 valence electrons. The molecule has 35 heavy (non-hydrogen) atoms. The molecule has 1 N–H and O–H groups in total. The van der Waals surface area contributed by atoms with Gasteiger partial charge in [-0.15, -0.1) is 12.4 Å². The lowest BCUT2D eigenvalue weighted by Crippen LogP contribution is -2.34. The van der Waals surface area contributed by atoms with E-state index in [0.29, 0.717) is 11.5 Å². The molecule has 4 nitrogen and oxygen atoms in total. The number of aromatic nitrogens is 1. The Morgan fingerprint density at radius 2 is 1.51 bits per heavy atom. The highest BCUT2D eigenvalue weighted by molar-refractivity contribution is 5.85. The van der Waals surface area contributed by atoms with Gasteiger partial charge >= 0.3 is 0 Å². The van der Waals surface area contributed by atoms with Crippen molar-refractivity contribution >= 4 is 23.4 Å². The Balaban J connectivity index is 0.00000289. The van der Waals surface area contributed by atoms with E-state index in [9.17, 15) is 13.9 Å². The van der Waals surface area contributed by atoms with Gasteiger partial charge in [0, 0.05) is 17.2 Å². The molecule has 4 aromatic rings. The van der Waals surface area contributed by atoms with Crippen molar-refractivity contribution in [3.8, 4) is 5.75 Å². The van der Waals surface area contributed by atoms with E-state index in [1.165, 1.54) is 24.3 Å². The molecule has 0 unspecified atom stereocenters. The van der Waals surface area contributed by atoms with Crippen molar-refractivity contribution in [1.82, 2.24) is 10.1 Å². The summed E-state index contributed by atoms with van der Waals surface area (Å²) in [6.07, 6.45) is 3.89. The highest BCUT2D eigenvalue weighted by atomic mass is 35.5. The van der Waals surface area contributed by atoms with Gasteiger partial charge in [-0.25, -0.2) is 8.78 Å². The second kappa shape index (κ2) is 11.2. The molecule has 0 spiro atoms. The number of likely N-dealkylation sites (tertiary alicyclic amines) is 1. The number of nitrogens with zero attached hydrogens (tertiary/aromatic N) is 2. The van der Waals surface area contributed by atoms with Crippen molar-refractivity contribution in [3.63, 3.8) is 0 Å². The van der Waals surface area contributed by atoms with E-state index >= 15 is 0 Å². The minimum absolute atomic E-state index is 0. The summed E-state index contributed by atoms with van der Waals surface area (Å²) in [7, 11) is 0. The third kappa shape index (κ3) is 5.82. The predicted octanol–water partition coefficient (Wildman–Crippen LogP) is 7.03. The van der Waals surface area contributed by atoms with Gasteiger partial charge in [-0.3, -0.25) is 0 Å². The molecule has 0 saturated carbocycles. The van der Waals surface area contributed by atoms with Crippen LogP contribution in [0.1, 0.15) is 54.3 Å². The van der Waals surface area contributed by atoms with Gasteiger partial charge in [-0.2, -0.15) is 0 Å². The molecule has 2 heterocycles. The molecule has 1 aliphatic heterocycles. The topological polar surface area (TPSA) is 49.5 Å². The minimum Gasteiger partial charge on any atom is -0.508 e. The van der Waals surface area contributed by atoms with Gasteiger partial charge < -0.3 is 14.5 Å². The lowest BCUT2D eigenvalue weighted by Gasteiger charge is -2.31. The summed E-state index contributed by atoms with van der Waals surface area (Å²) in [4.78, 5) is 2.47. The molecular weight excluding hydrogens is 470 g/mol. The lowest BCUT2D eigenvalue weighted by molar-refractivity contribution is 0.205. The second-order valence-electron chi connectivity index (χ2n) is 9.16. The smallest absolute Gasteiger partial charge is 0.167 e. The maximum absolute atomic E-state index is 13.5. The van der Waals surface area contributed by atoms with Gasteiger partial charge in [0.05, 0.1) is 5.69 Å². The Kier molecular flexibility index (Phi) is 8.04. The number of piperidine rings is 1. The third-order valence-corrected chi connectivity index (χ3v) is 6.97. The predicted molar refractivity (Wildman–Crippen MR) is 135 cm³/mol. The van der Waals surface area contributed by atoms with Crippen LogP contribution < -0.4 is 0 Å². The highest BCUT2D eigenvalue weighted by Gasteiger charge is 2.25. The fraction of sp³-hybridized carbons (Fsp3) is 0.321. The van der Waals surface area contributed by atoms with Crippen LogP contribution in [0.2, 0.25) is 0 Å². The van der Waals surface area contributed by atoms with E-state index in [1.54, 1.807) is 18.2 Å². The van der Waals surface area contributed by atoms with Gasteiger partial charge in [0.2, 0.25) is 0 Å². The summed E-state index contributed by atoms with van der Waals surface area (Å²) in [6.45, 7) is 2.94. The second-order valence-corrected chi connectivity index (χ2v) is 9.16. The van der Waals surface area contributed by atoms with E-state index in [1.807, 2.05) is 24.3 Å². The Hall–Kier alpha value is -2.96. The first-order valence-electron chi connectivity index (χ1n) is 11.9. The molecule has 1 aromatic heterocycles. The average molecular weight is 499 g/mol. The number of rotatable bonds is 7. The van der Waals surface area contributed by atoms with Crippen LogP contribution in [0, 0.1) is 11.6 Å². The molecule has 0 atom stereocenters. The van der Waals surface area contributed by atoms with Gasteiger partial charge in [-0.05, 0) is 98.9 Å². The first kappa shape index (κ1) is 25.1. The highest BCUT2D eigenvalue weighted by Crippen LogP contribution is 2.35. The van der Waals surface area contributed by atoms with Crippen molar-refractivity contribution in [1.29, 1.82) is 0 Å². The summed E-state index contributed by atoms with van der Waals surface area (Å²) in [5, 5.41) is 15.0. The van der Waals surface area contributed by atoms with Crippen molar-refractivity contribution in [3.05, 3.63) is 95.2 Å². The van der Waals surface area contributed by atoms with E-state index in [-0.39, 0.29) is 35.7 Å². The first-order chi connectivity index (χ1) is 16.6. The monoisotopic (exact) mass is 498 g/mol. The molecule has 7 heteroatoms. The summed E-state index contributed by atoms with van der Waals surface area (Å²) < 4.78 is 32.4. The minimum atomic E-state index is -0.250. The summed E-state index contributed by atoms with van der Waals surface area (Å²) in [6, 6.07) is 18.4. The number of aromatic hydroxyl groups is 1. The van der Waals surface area contributed by atoms with Crippen LogP contribution in [0.15, 0.2) is 71.3 Å². The van der Waals surface area contributed by atoms with Crippen LogP contribution in [-0.4, -0.2) is 34.8 Å². The van der Waals surface area contributed by atoms with Crippen LogP contribution in [-0.2, 0) is 0 Å². The normalized spacial score (nSPS) is 14.9. The quantitative estimate of drug-likeness (QED) is 0.297. The van der Waals surface area contributed by atoms with Crippen molar-refractivity contribution in [2.24, 2.45) is 0 Å². The molecule has 1 aliphatic rings. The SMILES string of the molecule is Cl.Oc1ccc2onc(C3CCN(CCCC(c4ccc(F)cc4)c4ccc(F)cc4)CC3)c2c1. The third-order valence-electron chi connectivity index (χ3n) is 6.97. The van der Waals surface area contributed by atoms with Gasteiger partial charge in [-0.1, -0.05) is 29.4 Å². The Labute approximate surface area is 210 Å². The van der Waals surface area contributed by atoms with Crippen molar-refractivity contribution in [2.45, 2.75) is 37.5 Å². The Morgan fingerprint density at radius 3 is 2.11 bits per heavy atom. The lowest BCUT2D eigenvalue weighted by atomic mass is 9.87. The molecule has 0 amide bonds. The van der Waals surface area contributed by atoms with Crippen LogP contribution in [0.25, 0.3) is 11.0 Å². The van der Waals surface area contributed by atoms with Gasteiger partial charge in [0.1, 0.15) is 17.4 Å². The molecule has 3 aromatic carbocycles. The number of halogens is 3. The van der Waals surface area contributed by atoms with Gasteiger partial charge in [0.25, 0.3) is 0 Å². The molecule has 0 radical (unpaired) electrons. The molecule has 1 fully saturated rings. The number of fused-ring (bicyclic) bond motifs is 1. The van der Waals surface area contributed by atoms with Crippen molar-refractivity contribution in [2.75, 3.05) is 19.6 Å². The standard InChI is InChI=1S/C28H28F2N2O2.ClH/c29-22-7-3-19(4-8-22)25(20-5-9-23(30)10-6-20)2-1-15-32-16-13-21(14-17-32)28-26-18-24(33)11-12-27(26)34-31-28;/h3-12,18,21,25,33H,1-2,13-17H2;1H. The fourth-order valence-electron chi connectivity index (χ4n) is 5.10. The number of phenolic OH excluding ortho intramolecular Hbond substituents is 1. The maximum Gasteiger partial charge on any atom is 0.167 e. The van der Waals surface area contributed by atoms with E-state index in [2.05, 4.69) is 10.1 Å². The first-order valence-corrected chi connectivity index (χ1v) is 11.9. The number of benzene rings is 3. The van der Waals surface area contributed by atoms with Crippen LogP contribution in [0.3, 0.4) is 0 Å². The summed E-state index contributed by atoms with van der Waals surface area (Å²) >= 11 is 0. The summed E-state index contributed by atoms with van der Waals surface area (Å²) in [5.74, 6) is 0.156. The molecule has 0 aliphatic carbocycles. The number of hydrogen-bond donors (Lipinski definition) is 1. The largest absolute Gasteiger partial charge is 0.508 e. The summed E-state index contributed by atoms with van der Waals surface area (Å²) in [5.41, 5.74) is 3.75. The van der Waals surface area contributed by atoms with E-state index < -0.39 is 0 Å². The molecule has 5 rings (SSSR count). The zero-order valence-corrected chi connectivity index (χ0v) is 20.2. The Bertz CT molecular complexity index is 1190. The average Bonchev–Trinajstić information content (AvgIpc) is 3.27. The van der Waals surface area contributed by atoms with Crippen LogP contribution >= 0.6 is 12.4 Å². The molecule has 0 bridgehead atoms. The zero-order valence-electron chi connectivity index (χ0n) is 19.4. The molecule has 1 saturated heterocycles. The fourth-order valence-corrected chi connectivity index (χ4v) is 5.10. The van der Waals surface area contributed by atoms with Gasteiger partial charge in [0.15, 0.2) is 5.58 Å². The van der Waals surface area contributed by atoms with Crippen LogP contribution in [0.4, 0.5) is 8.78 Å². The van der Waals surface area contributed by atoms with E-state index in [0.717, 1.165) is 67.5 Å². The van der Waals surface area contributed by atoms with E-state index in [4.69, 9.17) is 4.52 Å². The number of hydrogen-bond acceptors (Lipinski definition) is 4. The van der Waals surface area contributed by atoms with Crippen LogP contribution in [0.5, 0.6) is 5.75 Å². The zero-order chi connectivity index (χ0) is 23.5.